The molecule has 13 nitrogen and oxygen atoms in total. The third-order valence-corrected chi connectivity index (χ3v) is 5.40. The van der Waals surface area contributed by atoms with Crippen LogP contribution in [-0.4, -0.2) is 80.2 Å². The molecule has 0 amide bonds. The molecule has 1 saturated heterocycles. The SMILES string of the molecule is CCCC(=O)O[C@@H]1O[C@H](COC(=O)/C=C/C(=O)OC)[C@@H](OC(=O)CCC)[C@H](OC(=O)CCC)[C@H]1OC(=O)CCC. The van der Waals surface area contributed by atoms with Crippen LogP contribution in [0.3, 0.4) is 0 Å². The van der Waals surface area contributed by atoms with Crippen LogP contribution in [0, 0.1) is 0 Å². The number of esters is 6. The zero-order valence-corrected chi connectivity index (χ0v) is 23.7. The van der Waals surface area contributed by atoms with Crippen LogP contribution in [0.15, 0.2) is 12.2 Å². The Bertz CT molecular complexity index is 897. The molecule has 0 unspecified atom stereocenters. The van der Waals surface area contributed by atoms with E-state index in [1.165, 1.54) is 0 Å². The first-order chi connectivity index (χ1) is 19.1. The normalized spacial score (nSPS) is 22.2. The Hall–Kier alpha value is -3.48. The zero-order valence-electron chi connectivity index (χ0n) is 23.7. The minimum absolute atomic E-state index is 0.000868. The average Bonchev–Trinajstić information content (AvgIpc) is 2.90. The van der Waals surface area contributed by atoms with E-state index in [-0.39, 0.29) is 25.7 Å². The summed E-state index contributed by atoms with van der Waals surface area (Å²) < 4.78 is 37.7. The van der Waals surface area contributed by atoms with Gasteiger partial charge in [-0.1, -0.05) is 27.7 Å². The molecule has 1 aliphatic heterocycles. The van der Waals surface area contributed by atoms with E-state index in [4.69, 9.17) is 28.4 Å². The van der Waals surface area contributed by atoms with Crippen molar-refractivity contribution in [3.63, 3.8) is 0 Å². The van der Waals surface area contributed by atoms with Crippen molar-refractivity contribution in [1.82, 2.24) is 0 Å². The van der Waals surface area contributed by atoms with Gasteiger partial charge in [-0.15, -0.1) is 0 Å². The average molecular weight is 573 g/mol. The van der Waals surface area contributed by atoms with Gasteiger partial charge in [0.2, 0.25) is 12.4 Å². The van der Waals surface area contributed by atoms with Crippen molar-refractivity contribution in [2.24, 2.45) is 0 Å². The van der Waals surface area contributed by atoms with Crippen molar-refractivity contribution in [1.29, 1.82) is 0 Å². The van der Waals surface area contributed by atoms with Crippen LogP contribution in [-0.2, 0) is 61.9 Å². The Morgan fingerprint density at radius 1 is 0.600 bits per heavy atom. The standard InChI is InChI=1S/C27H40O13/c1-6-10-20(30)37-24-17(16-35-19(29)15-14-18(28)34-5)36-27(40-23(33)13-9-4)26(39-22(32)12-8-3)25(24)38-21(31)11-7-2/h14-15,17,24-27H,6-13,16H2,1-5H3/b15-14+/t17-,24-,25+,26-,27+/m1/s1. The summed E-state index contributed by atoms with van der Waals surface area (Å²) >= 11 is 0. The number of hydrogen-bond donors (Lipinski definition) is 0. The molecule has 0 aromatic heterocycles. The molecule has 0 aliphatic carbocycles. The number of carbonyl (C=O) groups excluding carboxylic acids is 6. The third kappa shape index (κ3) is 12.1. The van der Waals surface area contributed by atoms with Crippen molar-refractivity contribution >= 4 is 35.8 Å². The summed E-state index contributed by atoms with van der Waals surface area (Å²) in [6, 6.07) is 0. The van der Waals surface area contributed by atoms with E-state index >= 15 is 0 Å². The van der Waals surface area contributed by atoms with Crippen LogP contribution < -0.4 is 0 Å². The highest BCUT2D eigenvalue weighted by Gasteiger charge is 2.54. The predicted octanol–water partition coefficient (Wildman–Crippen LogP) is 2.46. The summed E-state index contributed by atoms with van der Waals surface area (Å²) in [5, 5.41) is 0. The summed E-state index contributed by atoms with van der Waals surface area (Å²) in [4.78, 5) is 73.6. The maximum absolute atomic E-state index is 12.6. The number of ether oxygens (including phenoxy) is 7. The lowest BCUT2D eigenvalue weighted by Gasteiger charge is -2.44. The first-order valence-corrected chi connectivity index (χ1v) is 13.5. The number of carbonyl (C=O) groups is 6. The van der Waals surface area contributed by atoms with E-state index in [1.807, 2.05) is 0 Å². The minimum atomic E-state index is -1.57. The zero-order chi connectivity index (χ0) is 30.1. The molecule has 226 valence electrons. The van der Waals surface area contributed by atoms with Gasteiger partial charge in [-0.05, 0) is 25.7 Å². The molecule has 13 heteroatoms. The van der Waals surface area contributed by atoms with E-state index in [0.29, 0.717) is 25.7 Å². The van der Waals surface area contributed by atoms with Gasteiger partial charge >= 0.3 is 35.8 Å². The van der Waals surface area contributed by atoms with E-state index in [0.717, 1.165) is 19.3 Å². The van der Waals surface area contributed by atoms with E-state index < -0.39 is 73.1 Å². The summed E-state index contributed by atoms with van der Waals surface area (Å²) in [6.45, 7) is 6.45. The Labute approximate surface area is 233 Å². The van der Waals surface area contributed by atoms with Gasteiger partial charge in [0.1, 0.15) is 12.7 Å². The van der Waals surface area contributed by atoms with Crippen LogP contribution in [0.4, 0.5) is 0 Å². The van der Waals surface area contributed by atoms with Gasteiger partial charge in [0.15, 0.2) is 12.2 Å². The Kier molecular flexibility index (Phi) is 16.2. The van der Waals surface area contributed by atoms with Crippen LogP contribution in [0.1, 0.15) is 79.1 Å². The lowest BCUT2D eigenvalue weighted by atomic mass is 9.97. The molecule has 0 bridgehead atoms. The molecule has 0 saturated carbocycles. The fourth-order valence-corrected chi connectivity index (χ4v) is 3.56. The van der Waals surface area contributed by atoms with Gasteiger partial charge < -0.3 is 33.2 Å². The van der Waals surface area contributed by atoms with Gasteiger partial charge in [0.25, 0.3) is 0 Å². The van der Waals surface area contributed by atoms with E-state index in [9.17, 15) is 28.8 Å². The van der Waals surface area contributed by atoms with E-state index in [2.05, 4.69) is 4.74 Å². The van der Waals surface area contributed by atoms with Crippen LogP contribution in [0.2, 0.25) is 0 Å². The van der Waals surface area contributed by atoms with Crippen molar-refractivity contribution in [3.8, 4) is 0 Å². The molecule has 0 radical (unpaired) electrons. The molecule has 1 rings (SSSR count). The second-order valence-electron chi connectivity index (χ2n) is 8.88. The van der Waals surface area contributed by atoms with Crippen molar-refractivity contribution in [2.75, 3.05) is 13.7 Å². The molecular formula is C27H40O13. The highest BCUT2D eigenvalue weighted by molar-refractivity contribution is 5.91. The molecular weight excluding hydrogens is 532 g/mol. The molecule has 0 spiro atoms. The molecule has 5 atom stereocenters. The summed E-state index contributed by atoms with van der Waals surface area (Å²) in [6.07, 6.45) is -3.75. The van der Waals surface area contributed by atoms with Crippen LogP contribution in [0.5, 0.6) is 0 Å². The number of rotatable bonds is 16. The fraction of sp³-hybridized carbons (Fsp3) is 0.704. The third-order valence-electron chi connectivity index (χ3n) is 5.40. The number of hydrogen-bond acceptors (Lipinski definition) is 13. The second kappa shape index (κ2) is 18.7. The highest BCUT2D eigenvalue weighted by atomic mass is 16.7. The maximum Gasteiger partial charge on any atom is 0.331 e. The van der Waals surface area contributed by atoms with Crippen molar-refractivity contribution < 1.29 is 61.9 Å². The first kappa shape index (κ1) is 34.5. The summed E-state index contributed by atoms with van der Waals surface area (Å²) in [5.74, 6) is -4.46. The minimum Gasteiger partial charge on any atom is -0.466 e. The second-order valence-corrected chi connectivity index (χ2v) is 8.88. The lowest BCUT2D eigenvalue weighted by Crippen LogP contribution is -2.63. The molecule has 40 heavy (non-hydrogen) atoms. The fourth-order valence-electron chi connectivity index (χ4n) is 3.56. The van der Waals surface area contributed by atoms with Gasteiger partial charge in [-0.3, -0.25) is 19.2 Å². The summed E-state index contributed by atoms with van der Waals surface area (Å²) in [7, 11) is 1.13. The van der Waals surface area contributed by atoms with Gasteiger partial charge in [0.05, 0.1) is 7.11 Å². The molecule has 0 N–H and O–H groups in total. The highest BCUT2D eigenvalue weighted by Crippen LogP contribution is 2.31. The molecule has 0 aromatic carbocycles. The Morgan fingerprint density at radius 3 is 1.50 bits per heavy atom. The smallest absolute Gasteiger partial charge is 0.331 e. The largest absolute Gasteiger partial charge is 0.466 e. The monoisotopic (exact) mass is 572 g/mol. The quantitative estimate of drug-likeness (QED) is 0.150. The van der Waals surface area contributed by atoms with Gasteiger partial charge in [0, 0.05) is 37.8 Å². The van der Waals surface area contributed by atoms with Crippen LogP contribution >= 0.6 is 0 Å². The first-order valence-electron chi connectivity index (χ1n) is 13.5. The van der Waals surface area contributed by atoms with Gasteiger partial charge in [-0.2, -0.15) is 0 Å². The number of methoxy groups -OCH3 is 1. The molecule has 1 aliphatic rings. The lowest BCUT2D eigenvalue weighted by molar-refractivity contribution is -0.301. The Morgan fingerprint density at radius 2 is 1.02 bits per heavy atom. The van der Waals surface area contributed by atoms with Crippen molar-refractivity contribution in [2.45, 2.75) is 110 Å². The predicted molar refractivity (Wildman–Crippen MR) is 136 cm³/mol. The van der Waals surface area contributed by atoms with Crippen LogP contribution in [0.25, 0.3) is 0 Å². The molecule has 1 heterocycles. The molecule has 1 fully saturated rings. The summed E-state index contributed by atoms with van der Waals surface area (Å²) in [5.41, 5.74) is 0. The van der Waals surface area contributed by atoms with Crippen molar-refractivity contribution in [3.05, 3.63) is 12.2 Å². The molecule has 0 aromatic rings. The Balaban J connectivity index is 3.47. The topological polar surface area (TPSA) is 167 Å². The van der Waals surface area contributed by atoms with E-state index in [1.54, 1.807) is 27.7 Å². The van der Waals surface area contributed by atoms with Gasteiger partial charge in [-0.25, -0.2) is 9.59 Å². The maximum atomic E-state index is 12.6.